The van der Waals surface area contributed by atoms with Crippen molar-refractivity contribution in [3.63, 3.8) is 0 Å². The van der Waals surface area contributed by atoms with Crippen molar-refractivity contribution in [3.05, 3.63) is 42.5 Å². The lowest BCUT2D eigenvalue weighted by Crippen LogP contribution is -2.40. The number of anilines is 2. The molecule has 7 nitrogen and oxygen atoms in total. The fraction of sp³-hybridized carbons (Fsp3) is 0.364. The molecule has 33 heavy (non-hydrogen) atoms. The highest BCUT2D eigenvalue weighted by Gasteiger charge is 2.31. The number of aromatic nitrogens is 1. The van der Waals surface area contributed by atoms with Gasteiger partial charge in [0.15, 0.2) is 5.13 Å². The minimum atomic E-state index is -4.79. The van der Waals surface area contributed by atoms with E-state index in [1.807, 2.05) is 6.92 Å². The minimum Gasteiger partial charge on any atom is -0.494 e. The average molecular weight is 481 g/mol. The third-order valence-corrected chi connectivity index (χ3v) is 5.93. The Kier molecular flexibility index (Phi) is 6.89. The Morgan fingerprint density at radius 2 is 2.00 bits per heavy atom. The van der Waals surface area contributed by atoms with Crippen molar-refractivity contribution in [1.29, 1.82) is 0 Å². The first-order valence-corrected chi connectivity index (χ1v) is 11.2. The smallest absolute Gasteiger partial charge is 0.494 e. The van der Waals surface area contributed by atoms with Gasteiger partial charge in [-0.15, -0.1) is 13.2 Å². The molecular weight excluding hydrogens is 459 g/mol. The van der Waals surface area contributed by atoms with Crippen LogP contribution in [0.25, 0.3) is 10.2 Å². The summed E-state index contributed by atoms with van der Waals surface area (Å²) in [5.74, 6) is 0.351. The second kappa shape index (κ2) is 9.84. The van der Waals surface area contributed by atoms with Gasteiger partial charge in [-0.2, -0.15) is 0 Å². The van der Waals surface area contributed by atoms with E-state index in [9.17, 15) is 18.0 Å². The predicted octanol–water partition coefficient (Wildman–Crippen LogP) is 5.81. The maximum atomic E-state index is 13.2. The number of hydrogen-bond donors (Lipinski definition) is 1. The van der Waals surface area contributed by atoms with Crippen LogP contribution in [0.15, 0.2) is 42.5 Å². The van der Waals surface area contributed by atoms with Crippen LogP contribution in [0.1, 0.15) is 19.8 Å². The summed E-state index contributed by atoms with van der Waals surface area (Å²) >= 11 is 1.11. The Hall–Kier alpha value is -3.05. The molecule has 11 heteroatoms. The summed E-state index contributed by atoms with van der Waals surface area (Å²) in [6, 6.07) is 10.4. The van der Waals surface area contributed by atoms with E-state index in [-0.39, 0.29) is 18.4 Å². The SMILES string of the molecule is CCOc1ccc(NC(=O)N(CC2CCCO2)c2nc3ccc(OC(F)(F)F)cc3s2)cc1. The summed E-state index contributed by atoms with van der Waals surface area (Å²) in [6.45, 7) is 3.31. The Balaban J connectivity index is 1.57. The Morgan fingerprint density at radius 3 is 2.67 bits per heavy atom. The van der Waals surface area contributed by atoms with Gasteiger partial charge in [0.05, 0.1) is 29.5 Å². The molecule has 1 aromatic heterocycles. The van der Waals surface area contributed by atoms with Crippen LogP contribution < -0.4 is 19.7 Å². The van der Waals surface area contributed by atoms with Gasteiger partial charge in [-0.05, 0) is 56.2 Å². The fourth-order valence-corrected chi connectivity index (χ4v) is 4.44. The van der Waals surface area contributed by atoms with Crippen molar-refractivity contribution in [1.82, 2.24) is 4.98 Å². The van der Waals surface area contributed by atoms with Crippen LogP contribution in [0.3, 0.4) is 0 Å². The number of thiazole rings is 1. The first-order chi connectivity index (χ1) is 15.8. The Labute approximate surface area is 192 Å². The number of nitrogens with zero attached hydrogens (tertiary/aromatic N) is 2. The van der Waals surface area contributed by atoms with Gasteiger partial charge in [-0.3, -0.25) is 4.90 Å². The van der Waals surface area contributed by atoms with E-state index in [4.69, 9.17) is 9.47 Å². The molecule has 1 N–H and O–H groups in total. The third kappa shape index (κ3) is 6.05. The highest BCUT2D eigenvalue weighted by molar-refractivity contribution is 7.22. The van der Waals surface area contributed by atoms with Gasteiger partial charge in [-0.1, -0.05) is 11.3 Å². The molecule has 0 saturated carbocycles. The van der Waals surface area contributed by atoms with E-state index in [1.165, 1.54) is 23.1 Å². The molecular formula is C22H22F3N3O4S. The number of hydrogen-bond acceptors (Lipinski definition) is 6. The molecule has 0 radical (unpaired) electrons. The van der Waals surface area contributed by atoms with Crippen molar-refractivity contribution in [2.45, 2.75) is 32.2 Å². The molecule has 4 rings (SSSR count). The minimum absolute atomic E-state index is 0.146. The van der Waals surface area contributed by atoms with Crippen molar-refractivity contribution in [3.8, 4) is 11.5 Å². The molecule has 1 aliphatic rings. The van der Waals surface area contributed by atoms with Crippen molar-refractivity contribution < 1.29 is 32.2 Å². The van der Waals surface area contributed by atoms with Crippen molar-refractivity contribution in [2.24, 2.45) is 0 Å². The summed E-state index contributed by atoms with van der Waals surface area (Å²) in [7, 11) is 0. The number of amides is 2. The molecule has 2 amide bonds. The fourth-order valence-electron chi connectivity index (χ4n) is 3.44. The van der Waals surface area contributed by atoms with Crippen molar-refractivity contribution in [2.75, 3.05) is 30.0 Å². The highest BCUT2D eigenvalue weighted by atomic mass is 32.1. The van der Waals surface area contributed by atoms with Crippen molar-refractivity contribution >= 4 is 38.4 Å². The second-order valence-electron chi connectivity index (χ2n) is 7.31. The third-order valence-electron chi connectivity index (χ3n) is 4.89. The van der Waals surface area contributed by atoms with Crippen LogP contribution in [-0.2, 0) is 4.74 Å². The molecule has 0 aliphatic carbocycles. The van der Waals surface area contributed by atoms with E-state index in [2.05, 4.69) is 15.0 Å². The van der Waals surface area contributed by atoms with Gasteiger partial charge < -0.3 is 19.5 Å². The van der Waals surface area contributed by atoms with Crippen LogP contribution in [-0.4, -0.2) is 43.2 Å². The molecule has 1 atom stereocenters. The van der Waals surface area contributed by atoms with E-state index < -0.39 is 12.4 Å². The number of urea groups is 1. The van der Waals surface area contributed by atoms with Crippen LogP contribution in [0.2, 0.25) is 0 Å². The Morgan fingerprint density at radius 1 is 1.24 bits per heavy atom. The molecule has 1 saturated heterocycles. The zero-order chi connectivity index (χ0) is 23.4. The number of ether oxygens (including phenoxy) is 3. The van der Waals surface area contributed by atoms with E-state index in [1.54, 1.807) is 24.3 Å². The van der Waals surface area contributed by atoms with E-state index in [0.717, 1.165) is 24.2 Å². The van der Waals surface area contributed by atoms with Gasteiger partial charge in [0, 0.05) is 18.4 Å². The number of halogens is 3. The van der Waals surface area contributed by atoms with Crippen LogP contribution in [0, 0.1) is 0 Å². The Bertz CT molecular complexity index is 1100. The molecule has 3 aromatic rings. The second-order valence-corrected chi connectivity index (χ2v) is 8.32. The molecule has 0 spiro atoms. The standard InChI is InChI=1S/C22H22F3N3O4S/c1-2-30-15-7-5-14(6-8-15)26-20(29)28(13-17-4-3-11-31-17)21-27-18-10-9-16(12-19(18)33-21)32-22(23,24)25/h5-10,12,17H,2-4,11,13H2,1H3,(H,26,29). The maximum Gasteiger partial charge on any atom is 0.573 e. The zero-order valence-electron chi connectivity index (χ0n) is 17.7. The van der Waals surface area contributed by atoms with E-state index in [0.29, 0.717) is 40.0 Å². The monoisotopic (exact) mass is 481 g/mol. The number of nitrogens with one attached hydrogen (secondary N) is 1. The van der Waals surface area contributed by atoms with Gasteiger partial charge >= 0.3 is 12.4 Å². The molecule has 1 unspecified atom stereocenters. The number of carbonyl (C=O) groups is 1. The lowest BCUT2D eigenvalue weighted by Gasteiger charge is -2.23. The first kappa shape index (κ1) is 23.1. The molecule has 2 aromatic carbocycles. The summed E-state index contributed by atoms with van der Waals surface area (Å²) in [4.78, 5) is 19.1. The lowest BCUT2D eigenvalue weighted by molar-refractivity contribution is -0.274. The van der Waals surface area contributed by atoms with Crippen LogP contribution >= 0.6 is 11.3 Å². The molecule has 176 valence electrons. The first-order valence-electron chi connectivity index (χ1n) is 10.4. The van der Waals surface area contributed by atoms with E-state index >= 15 is 0 Å². The zero-order valence-corrected chi connectivity index (χ0v) is 18.5. The summed E-state index contributed by atoms with van der Waals surface area (Å²) in [5.41, 5.74) is 1.04. The van der Waals surface area contributed by atoms with Gasteiger partial charge in [-0.25, -0.2) is 9.78 Å². The summed E-state index contributed by atoms with van der Waals surface area (Å²) in [5, 5.41) is 3.19. The number of rotatable bonds is 7. The molecule has 0 bridgehead atoms. The lowest BCUT2D eigenvalue weighted by atomic mass is 10.2. The average Bonchev–Trinajstić information content (AvgIpc) is 3.41. The van der Waals surface area contributed by atoms with Crippen LogP contribution in [0.4, 0.5) is 28.8 Å². The molecule has 1 aliphatic heterocycles. The quantitative estimate of drug-likeness (QED) is 0.461. The molecule has 1 fully saturated rings. The predicted molar refractivity (Wildman–Crippen MR) is 119 cm³/mol. The highest BCUT2D eigenvalue weighted by Crippen LogP contribution is 2.34. The number of benzene rings is 2. The topological polar surface area (TPSA) is 72.9 Å². The van der Waals surface area contributed by atoms with Gasteiger partial charge in [0.2, 0.25) is 0 Å². The summed E-state index contributed by atoms with van der Waals surface area (Å²) in [6.07, 6.45) is -3.23. The van der Waals surface area contributed by atoms with Crippen LogP contribution in [0.5, 0.6) is 11.5 Å². The van der Waals surface area contributed by atoms with Gasteiger partial charge in [0.25, 0.3) is 0 Å². The normalized spacial score (nSPS) is 16.1. The number of fused-ring (bicyclic) bond motifs is 1. The maximum absolute atomic E-state index is 13.2. The molecule has 2 heterocycles. The number of alkyl halides is 3. The number of carbonyl (C=O) groups excluding carboxylic acids is 1. The summed E-state index contributed by atoms with van der Waals surface area (Å²) < 4.78 is 53.3. The van der Waals surface area contributed by atoms with Gasteiger partial charge in [0.1, 0.15) is 11.5 Å². The largest absolute Gasteiger partial charge is 0.573 e.